The largest absolute Gasteiger partial charge is 0.380 e. The van der Waals surface area contributed by atoms with Crippen molar-refractivity contribution in [3.63, 3.8) is 0 Å². The van der Waals surface area contributed by atoms with E-state index in [0.717, 1.165) is 24.8 Å². The Morgan fingerprint density at radius 1 is 1.37 bits per heavy atom. The lowest BCUT2D eigenvalue weighted by Gasteiger charge is -2.08. The normalized spacial score (nSPS) is 10.8. The molecule has 0 aromatic carbocycles. The van der Waals surface area contributed by atoms with E-state index in [1.165, 1.54) is 0 Å². The number of aromatic nitrogens is 4. The van der Waals surface area contributed by atoms with Crippen molar-refractivity contribution in [1.29, 1.82) is 0 Å². The van der Waals surface area contributed by atoms with E-state index in [1.54, 1.807) is 6.20 Å². The van der Waals surface area contributed by atoms with E-state index in [4.69, 9.17) is 10.6 Å². The lowest BCUT2D eigenvalue weighted by atomic mass is 10.4. The number of nitrogens with one attached hydrogen (secondary N) is 3. The average molecular weight is 265 g/mol. The second kappa shape index (κ2) is 6.86. The summed E-state index contributed by atoms with van der Waals surface area (Å²) in [5.41, 5.74) is 3.06. The predicted octanol–water partition coefficient (Wildman–Crippen LogP) is 0.867. The topological polar surface area (TPSA) is 114 Å². The number of aromatic amines is 1. The van der Waals surface area contributed by atoms with Crippen LogP contribution >= 0.6 is 0 Å². The second-order valence-electron chi connectivity index (χ2n) is 4.07. The van der Waals surface area contributed by atoms with Gasteiger partial charge in [0, 0.05) is 13.2 Å². The van der Waals surface area contributed by atoms with Crippen LogP contribution < -0.4 is 16.6 Å². The Kier molecular flexibility index (Phi) is 4.87. The minimum Gasteiger partial charge on any atom is -0.380 e. The van der Waals surface area contributed by atoms with Gasteiger partial charge in [0.15, 0.2) is 5.65 Å². The fourth-order valence-electron chi connectivity index (χ4n) is 1.62. The number of hydrazine groups is 1. The molecule has 104 valence electrons. The number of anilines is 2. The molecular weight excluding hydrogens is 246 g/mol. The molecule has 2 rings (SSSR count). The molecule has 5 N–H and O–H groups in total. The van der Waals surface area contributed by atoms with Crippen LogP contribution in [-0.2, 0) is 4.74 Å². The summed E-state index contributed by atoms with van der Waals surface area (Å²) in [5, 5.41) is 10.7. The molecule has 8 heteroatoms. The quantitative estimate of drug-likeness (QED) is 0.318. The van der Waals surface area contributed by atoms with Crippen LogP contribution in [0.1, 0.15) is 19.8 Å². The van der Waals surface area contributed by atoms with Crippen LogP contribution in [0.25, 0.3) is 11.0 Å². The molecule has 0 amide bonds. The molecule has 2 aromatic heterocycles. The highest BCUT2D eigenvalue weighted by Crippen LogP contribution is 2.19. The second-order valence-corrected chi connectivity index (χ2v) is 4.07. The van der Waals surface area contributed by atoms with Gasteiger partial charge in [-0.3, -0.25) is 10.5 Å². The fraction of sp³-hybridized carbons (Fsp3) is 0.545. The summed E-state index contributed by atoms with van der Waals surface area (Å²) in [4.78, 5) is 8.40. The van der Waals surface area contributed by atoms with Gasteiger partial charge < -0.3 is 10.1 Å². The van der Waals surface area contributed by atoms with Crippen LogP contribution in [0.4, 0.5) is 11.8 Å². The van der Waals surface area contributed by atoms with Gasteiger partial charge in [-0.25, -0.2) is 5.84 Å². The molecule has 0 spiro atoms. The zero-order chi connectivity index (χ0) is 13.5. The molecule has 2 aromatic rings. The SMILES string of the molecule is CCCCOCCNc1nc(NN)nc2[nH]ncc12. The number of nitrogen functional groups attached to an aromatic ring is 1. The molecule has 0 saturated carbocycles. The third-order valence-corrected chi connectivity index (χ3v) is 2.62. The standard InChI is InChI=1S/C11H19N7O/c1-2-3-5-19-6-4-13-9-8-7-14-18-10(8)16-11(15-9)17-12/h7H,2-6,12H2,1H3,(H3,13,14,15,16,17,18). The fourth-order valence-corrected chi connectivity index (χ4v) is 1.62. The highest BCUT2D eigenvalue weighted by molar-refractivity contribution is 5.86. The Balaban J connectivity index is 1.93. The van der Waals surface area contributed by atoms with E-state index < -0.39 is 0 Å². The van der Waals surface area contributed by atoms with Crippen molar-refractivity contribution in [2.75, 3.05) is 30.5 Å². The lowest BCUT2D eigenvalue weighted by molar-refractivity contribution is 0.141. The van der Waals surface area contributed by atoms with Crippen LogP contribution in [0, 0.1) is 0 Å². The molecule has 0 saturated heterocycles. The highest BCUT2D eigenvalue weighted by Gasteiger charge is 2.08. The smallest absolute Gasteiger partial charge is 0.241 e. The first-order chi connectivity index (χ1) is 9.35. The first-order valence-electron chi connectivity index (χ1n) is 6.34. The third-order valence-electron chi connectivity index (χ3n) is 2.62. The van der Waals surface area contributed by atoms with E-state index in [2.05, 4.69) is 37.8 Å². The van der Waals surface area contributed by atoms with Crippen molar-refractivity contribution in [3.05, 3.63) is 6.20 Å². The minimum absolute atomic E-state index is 0.339. The number of hydrogen-bond donors (Lipinski definition) is 4. The van der Waals surface area contributed by atoms with Crippen molar-refractivity contribution < 1.29 is 4.74 Å². The van der Waals surface area contributed by atoms with E-state index in [1.807, 2.05) is 0 Å². The molecule has 0 fully saturated rings. The maximum Gasteiger partial charge on any atom is 0.241 e. The van der Waals surface area contributed by atoms with Crippen molar-refractivity contribution in [3.8, 4) is 0 Å². The Morgan fingerprint density at radius 2 is 2.26 bits per heavy atom. The Morgan fingerprint density at radius 3 is 3.05 bits per heavy atom. The third kappa shape index (κ3) is 3.52. The van der Waals surface area contributed by atoms with Gasteiger partial charge in [-0.2, -0.15) is 15.1 Å². The van der Waals surface area contributed by atoms with Gasteiger partial charge in [-0.15, -0.1) is 0 Å². The number of hydrogen-bond acceptors (Lipinski definition) is 7. The lowest BCUT2D eigenvalue weighted by Crippen LogP contribution is -2.14. The number of fused-ring (bicyclic) bond motifs is 1. The summed E-state index contributed by atoms with van der Waals surface area (Å²) in [6.07, 6.45) is 3.90. The van der Waals surface area contributed by atoms with Crippen molar-refractivity contribution >= 4 is 22.8 Å². The van der Waals surface area contributed by atoms with Crippen molar-refractivity contribution in [2.24, 2.45) is 5.84 Å². The number of unbranched alkanes of at least 4 members (excludes halogenated alkanes) is 1. The zero-order valence-electron chi connectivity index (χ0n) is 10.9. The van der Waals surface area contributed by atoms with E-state index in [9.17, 15) is 0 Å². The molecule has 0 radical (unpaired) electrons. The van der Waals surface area contributed by atoms with Crippen LogP contribution in [-0.4, -0.2) is 39.9 Å². The highest BCUT2D eigenvalue weighted by atomic mass is 16.5. The van der Waals surface area contributed by atoms with Gasteiger partial charge >= 0.3 is 0 Å². The Hall–Kier alpha value is -1.93. The number of nitrogens with two attached hydrogens (primary N) is 1. The molecule has 0 atom stereocenters. The maximum absolute atomic E-state index is 5.48. The molecule has 0 aliphatic heterocycles. The summed E-state index contributed by atoms with van der Waals surface area (Å²) in [6, 6.07) is 0. The molecule has 19 heavy (non-hydrogen) atoms. The number of rotatable bonds is 8. The molecule has 2 heterocycles. The number of nitrogens with zero attached hydrogens (tertiary/aromatic N) is 3. The van der Waals surface area contributed by atoms with Crippen molar-refractivity contribution in [2.45, 2.75) is 19.8 Å². The molecule has 0 bridgehead atoms. The van der Waals surface area contributed by atoms with Crippen molar-refractivity contribution in [1.82, 2.24) is 20.2 Å². The van der Waals surface area contributed by atoms with Crippen LogP contribution in [0.3, 0.4) is 0 Å². The van der Waals surface area contributed by atoms with Gasteiger partial charge in [0.1, 0.15) is 5.82 Å². The van der Waals surface area contributed by atoms with Gasteiger partial charge in [-0.05, 0) is 6.42 Å². The van der Waals surface area contributed by atoms with Gasteiger partial charge in [0.25, 0.3) is 0 Å². The summed E-state index contributed by atoms with van der Waals surface area (Å²) in [5.74, 6) is 6.35. The van der Waals surface area contributed by atoms with E-state index >= 15 is 0 Å². The zero-order valence-corrected chi connectivity index (χ0v) is 10.9. The Labute approximate surface area is 111 Å². The summed E-state index contributed by atoms with van der Waals surface area (Å²) in [6.45, 7) is 4.23. The van der Waals surface area contributed by atoms with Gasteiger partial charge in [0.2, 0.25) is 5.95 Å². The first-order valence-corrected chi connectivity index (χ1v) is 6.34. The molecule has 8 nitrogen and oxygen atoms in total. The monoisotopic (exact) mass is 265 g/mol. The number of H-pyrrole nitrogens is 1. The first kappa shape index (κ1) is 13.5. The summed E-state index contributed by atoms with van der Waals surface area (Å²) < 4.78 is 5.48. The number of ether oxygens (including phenoxy) is 1. The Bertz CT molecular complexity index is 513. The van der Waals surface area contributed by atoms with Crippen LogP contribution in [0.2, 0.25) is 0 Å². The predicted molar refractivity (Wildman–Crippen MR) is 73.7 cm³/mol. The molecular formula is C11H19N7O. The minimum atomic E-state index is 0.339. The summed E-state index contributed by atoms with van der Waals surface area (Å²) >= 11 is 0. The van der Waals surface area contributed by atoms with Crippen LogP contribution in [0.15, 0.2) is 6.20 Å². The van der Waals surface area contributed by atoms with Crippen LogP contribution in [0.5, 0.6) is 0 Å². The van der Waals surface area contributed by atoms with Gasteiger partial charge in [-0.1, -0.05) is 13.3 Å². The average Bonchev–Trinajstić information content (AvgIpc) is 2.90. The summed E-state index contributed by atoms with van der Waals surface area (Å²) in [7, 11) is 0. The van der Waals surface area contributed by atoms with E-state index in [0.29, 0.717) is 30.6 Å². The molecule has 0 unspecified atom stereocenters. The van der Waals surface area contributed by atoms with E-state index in [-0.39, 0.29) is 0 Å². The molecule has 0 aliphatic rings. The van der Waals surface area contributed by atoms with Gasteiger partial charge in [0.05, 0.1) is 18.2 Å². The molecule has 0 aliphatic carbocycles. The maximum atomic E-state index is 5.48.